The summed E-state index contributed by atoms with van der Waals surface area (Å²) in [5.74, 6) is 0.117. The number of nitrogens with one attached hydrogen (secondary N) is 3. The first-order valence-electron chi connectivity index (χ1n) is 9.75. The number of hydrogen-bond donors (Lipinski definition) is 3. The molecule has 1 aliphatic rings. The third kappa shape index (κ3) is 5.79. The Morgan fingerprint density at radius 3 is 2.34 bits per heavy atom. The molecule has 3 atom stereocenters. The summed E-state index contributed by atoms with van der Waals surface area (Å²) < 4.78 is 28.0. The van der Waals surface area contributed by atoms with Crippen LogP contribution >= 0.6 is 0 Å². The molecule has 8 heteroatoms. The van der Waals surface area contributed by atoms with Crippen molar-refractivity contribution in [3.8, 4) is 0 Å². The summed E-state index contributed by atoms with van der Waals surface area (Å²) in [6, 6.07) is 17.1. The number of nitrogens with zero attached hydrogens (tertiary/aromatic N) is 1. The van der Waals surface area contributed by atoms with Crippen molar-refractivity contribution in [1.29, 1.82) is 0 Å². The minimum atomic E-state index is -3.57. The molecule has 0 aromatic heterocycles. The number of carbonyl (C=O) groups is 1. The highest BCUT2D eigenvalue weighted by Gasteiger charge is 2.32. The smallest absolute Gasteiger partial charge is 0.320 e. The van der Waals surface area contributed by atoms with E-state index in [2.05, 4.69) is 20.3 Å². The number of para-hydroxylation sites is 1. The molecule has 3 N–H and O–H groups in total. The van der Waals surface area contributed by atoms with E-state index in [9.17, 15) is 13.2 Å². The first-order chi connectivity index (χ1) is 13.8. The van der Waals surface area contributed by atoms with Gasteiger partial charge in [0.1, 0.15) is 0 Å². The summed E-state index contributed by atoms with van der Waals surface area (Å²) in [5, 5.41) is 5.82. The molecule has 2 amide bonds. The van der Waals surface area contributed by atoms with Crippen molar-refractivity contribution < 1.29 is 13.2 Å². The number of anilines is 1. The van der Waals surface area contributed by atoms with Gasteiger partial charge >= 0.3 is 6.03 Å². The number of benzene rings is 2. The van der Waals surface area contributed by atoms with Gasteiger partial charge < -0.3 is 10.6 Å². The maximum atomic E-state index is 12.6. The Morgan fingerprint density at radius 2 is 1.69 bits per heavy atom. The van der Waals surface area contributed by atoms with Crippen LogP contribution < -0.4 is 15.4 Å². The fourth-order valence-electron chi connectivity index (χ4n) is 3.58. The third-order valence-corrected chi connectivity index (χ3v) is 6.92. The molecule has 1 heterocycles. The quantitative estimate of drug-likeness (QED) is 0.675. The monoisotopic (exact) mass is 416 g/mol. The Bertz CT molecular complexity index is 906. The van der Waals surface area contributed by atoms with E-state index < -0.39 is 10.0 Å². The second kappa shape index (κ2) is 9.39. The van der Waals surface area contributed by atoms with Gasteiger partial charge in [0.15, 0.2) is 0 Å². The summed E-state index contributed by atoms with van der Waals surface area (Å²) in [6.45, 7) is 2.66. The van der Waals surface area contributed by atoms with E-state index in [0.29, 0.717) is 6.42 Å². The van der Waals surface area contributed by atoms with E-state index in [1.165, 1.54) is 0 Å². The van der Waals surface area contributed by atoms with Crippen LogP contribution in [-0.4, -0.2) is 45.1 Å². The zero-order valence-corrected chi connectivity index (χ0v) is 17.5. The lowest BCUT2D eigenvalue weighted by molar-refractivity contribution is 0.110. The van der Waals surface area contributed by atoms with Gasteiger partial charge in [-0.2, -0.15) is 0 Å². The van der Waals surface area contributed by atoms with E-state index in [0.717, 1.165) is 18.7 Å². The van der Waals surface area contributed by atoms with Gasteiger partial charge in [-0.3, -0.25) is 4.90 Å². The molecule has 2 aromatic carbocycles. The van der Waals surface area contributed by atoms with E-state index in [-0.39, 0.29) is 29.1 Å². The van der Waals surface area contributed by atoms with Gasteiger partial charge in [-0.05, 0) is 57.0 Å². The SMILES string of the molecule is C[C@@H](NS(=O)(=O)c1ccccc1)[C@@H]1CCN(C)[C@@H](NC(=O)Nc2ccccc2)C1. The standard InChI is InChI=1S/C21H28N4O3S/c1-16(24-29(27,28)19-11-7-4-8-12-19)17-13-14-25(2)20(15-17)23-21(26)22-18-9-5-3-6-10-18/h3-12,16-17,20,24H,13-15H2,1-2H3,(H2,22,23,26)/t16-,17-,20-/m1/s1. The van der Waals surface area contributed by atoms with Gasteiger partial charge in [0, 0.05) is 18.3 Å². The number of amides is 2. The topological polar surface area (TPSA) is 90.5 Å². The van der Waals surface area contributed by atoms with Crippen LogP contribution in [0.5, 0.6) is 0 Å². The second-order valence-corrected chi connectivity index (χ2v) is 9.18. The van der Waals surface area contributed by atoms with Gasteiger partial charge in [0.25, 0.3) is 0 Å². The number of hydrogen-bond acceptors (Lipinski definition) is 4. The van der Waals surface area contributed by atoms with Crippen LogP contribution in [0.1, 0.15) is 19.8 Å². The molecule has 0 saturated carbocycles. The van der Waals surface area contributed by atoms with Gasteiger partial charge in [0.05, 0.1) is 11.1 Å². The first-order valence-corrected chi connectivity index (χ1v) is 11.2. The van der Waals surface area contributed by atoms with Gasteiger partial charge in [-0.15, -0.1) is 0 Å². The zero-order chi connectivity index (χ0) is 20.9. The summed E-state index contributed by atoms with van der Waals surface area (Å²) >= 11 is 0. The fraction of sp³-hybridized carbons (Fsp3) is 0.381. The minimum Gasteiger partial charge on any atom is -0.322 e. The van der Waals surface area contributed by atoms with Crippen molar-refractivity contribution in [2.75, 3.05) is 18.9 Å². The fourth-order valence-corrected chi connectivity index (χ4v) is 4.92. The van der Waals surface area contributed by atoms with Gasteiger partial charge in [0.2, 0.25) is 10.0 Å². The number of urea groups is 1. The van der Waals surface area contributed by atoms with Crippen LogP contribution in [0.25, 0.3) is 0 Å². The van der Waals surface area contributed by atoms with Crippen LogP contribution in [0.15, 0.2) is 65.6 Å². The molecule has 0 radical (unpaired) electrons. The molecule has 3 rings (SSSR count). The van der Waals surface area contributed by atoms with Crippen LogP contribution in [0.3, 0.4) is 0 Å². The van der Waals surface area contributed by atoms with Crippen LogP contribution in [0.4, 0.5) is 10.5 Å². The van der Waals surface area contributed by atoms with Crippen LogP contribution in [0, 0.1) is 5.92 Å². The van der Waals surface area contributed by atoms with Crippen LogP contribution in [-0.2, 0) is 10.0 Å². The average molecular weight is 417 g/mol. The molecule has 7 nitrogen and oxygen atoms in total. The molecule has 0 aliphatic carbocycles. The lowest BCUT2D eigenvalue weighted by atomic mass is 9.89. The molecule has 0 bridgehead atoms. The lowest BCUT2D eigenvalue weighted by Gasteiger charge is -2.39. The van der Waals surface area contributed by atoms with Crippen LogP contribution in [0.2, 0.25) is 0 Å². The van der Waals surface area contributed by atoms with Crippen molar-refractivity contribution in [1.82, 2.24) is 14.9 Å². The highest BCUT2D eigenvalue weighted by atomic mass is 32.2. The molecule has 1 saturated heterocycles. The molecule has 0 spiro atoms. The highest BCUT2D eigenvalue weighted by Crippen LogP contribution is 2.25. The second-order valence-electron chi connectivity index (χ2n) is 7.47. The average Bonchev–Trinajstić information content (AvgIpc) is 2.70. The maximum Gasteiger partial charge on any atom is 0.320 e. The molecule has 1 aliphatic heterocycles. The Morgan fingerprint density at radius 1 is 1.07 bits per heavy atom. The Labute approximate surface area is 172 Å². The van der Waals surface area contributed by atoms with Crippen molar-refractivity contribution in [3.05, 3.63) is 60.7 Å². The van der Waals surface area contributed by atoms with Crippen molar-refractivity contribution in [2.45, 2.75) is 36.9 Å². The lowest BCUT2D eigenvalue weighted by Crippen LogP contribution is -2.54. The molecule has 29 heavy (non-hydrogen) atoms. The molecular weight excluding hydrogens is 388 g/mol. The molecule has 1 fully saturated rings. The number of piperidine rings is 1. The van der Waals surface area contributed by atoms with Crippen molar-refractivity contribution >= 4 is 21.7 Å². The van der Waals surface area contributed by atoms with E-state index in [1.807, 2.05) is 44.3 Å². The molecule has 0 unspecified atom stereocenters. The first kappa shape index (κ1) is 21.3. The summed E-state index contributed by atoms with van der Waals surface area (Å²) in [4.78, 5) is 14.7. The largest absolute Gasteiger partial charge is 0.322 e. The number of rotatable bonds is 6. The van der Waals surface area contributed by atoms with E-state index in [4.69, 9.17) is 0 Å². The van der Waals surface area contributed by atoms with Crippen molar-refractivity contribution in [3.63, 3.8) is 0 Å². The zero-order valence-electron chi connectivity index (χ0n) is 16.7. The van der Waals surface area contributed by atoms with E-state index in [1.54, 1.807) is 30.3 Å². The number of likely N-dealkylation sites (tertiary alicyclic amines) is 1. The predicted octanol–water partition coefficient (Wildman–Crippen LogP) is 2.84. The summed E-state index contributed by atoms with van der Waals surface area (Å²) in [6.07, 6.45) is 1.35. The molecule has 156 valence electrons. The normalized spacial score (nSPS) is 21.3. The maximum absolute atomic E-state index is 12.6. The van der Waals surface area contributed by atoms with Crippen molar-refractivity contribution in [2.24, 2.45) is 5.92 Å². The Hall–Kier alpha value is -2.42. The minimum absolute atomic E-state index is 0.117. The summed E-state index contributed by atoms with van der Waals surface area (Å²) in [5.41, 5.74) is 0.726. The van der Waals surface area contributed by atoms with E-state index >= 15 is 0 Å². The highest BCUT2D eigenvalue weighted by molar-refractivity contribution is 7.89. The third-order valence-electron chi connectivity index (χ3n) is 5.34. The molecule has 2 aromatic rings. The summed E-state index contributed by atoms with van der Waals surface area (Å²) in [7, 11) is -1.61. The van der Waals surface area contributed by atoms with Gasteiger partial charge in [-0.1, -0.05) is 36.4 Å². The van der Waals surface area contributed by atoms with Gasteiger partial charge in [-0.25, -0.2) is 17.9 Å². The molecular formula is C21H28N4O3S. The Kier molecular flexibility index (Phi) is 6.89. The predicted molar refractivity (Wildman–Crippen MR) is 114 cm³/mol. The Balaban J connectivity index is 1.59. The number of sulfonamides is 1. The number of carbonyl (C=O) groups excluding carboxylic acids is 1.